The van der Waals surface area contributed by atoms with Crippen LogP contribution in [-0.2, 0) is 10.0 Å². The Morgan fingerprint density at radius 1 is 1.13 bits per heavy atom. The highest BCUT2D eigenvalue weighted by Crippen LogP contribution is 2.32. The van der Waals surface area contributed by atoms with Gasteiger partial charge in [-0.1, -0.05) is 17.7 Å². The molecule has 0 atom stereocenters. The lowest BCUT2D eigenvalue weighted by Crippen LogP contribution is -2.62. The highest BCUT2D eigenvalue weighted by Gasteiger charge is 2.39. The summed E-state index contributed by atoms with van der Waals surface area (Å²) in [5.41, 5.74) is 3.83. The zero-order valence-electron chi connectivity index (χ0n) is 22.1. The van der Waals surface area contributed by atoms with Crippen molar-refractivity contribution in [2.24, 2.45) is 0 Å². The second-order valence-electron chi connectivity index (χ2n) is 10.3. The summed E-state index contributed by atoms with van der Waals surface area (Å²) in [4.78, 5) is 20.0. The first-order valence-corrected chi connectivity index (χ1v) is 14.9. The third kappa shape index (κ3) is 4.95. The van der Waals surface area contributed by atoms with Crippen molar-refractivity contribution in [1.82, 2.24) is 33.6 Å². The van der Waals surface area contributed by atoms with Gasteiger partial charge >= 0.3 is 0 Å². The quantitative estimate of drug-likeness (QED) is 0.377. The molecule has 6 rings (SSSR count). The van der Waals surface area contributed by atoms with Crippen LogP contribution in [-0.4, -0.2) is 85.9 Å². The number of likely N-dealkylation sites (tertiary alicyclic amines) is 1. The van der Waals surface area contributed by atoms with E-state index < -0.39 is 10.0 Å². The fraction of sp³-hybridized carbons (Fsp3) is 0.407. The third-order valence-corrected chi connectivity index (χ3v) is 9.64. The summed E-state index contributed by atoms with van der Waals surface area (Å²) in [5, 5.41) is 12.2. The maximum absolute atomic E-state index is 13.3. The van der Waals surface area contributed by atoms with Crippen molar-refractivity contribution in [3.05, 3.63) is 71.8 Å². The van der Waals surface area contributed by atoms with Crippen LogP contribution in [0.25, 0.3) is 11.3 Å². The molecule has 2 fully saturated rings. The SMILES string of the molecule is CCS(=O)(=O)N1CC(N2CCC(c3cc(NC(=O)c4cnn5cccnc45)n(-c4ccc(C)cc4)n3)CC2)C1. The number of anilines is 1. The van der Waals surface area contributed by atoms with Crippen LogP contribution in [0, 0.1) is 6.92 Å². The van der Waals surface area contributed by atoms with Crippen LogP contribution >= 0.6 is 0 Å². The number of carbonyl (C=O) groups is 1. The molecule has 11 nitrogen and oxygen atoms in total. The van der Waals surface area contributed by atoms with Gasteiger partial charge in [0.25, 0.3) is 5.91 Å². The number of sulfonamides is 1. The summed E-state index contributed by atoms with van der Waals surface area (Å²) in [6, 6.07) is 12.1. The van der Waals surface area contributed by atoms with Gasteiger partial charge in [0, 0.05) is 43.5 Å². The number of nitrogens with zero attached hydrogens (tertiary/aromatic N) is 7. The minimum atomic E-state index is -3.11. The van der Waals surface area contributed by atoms with E-state index >= 15 is 0 Å². The zero-order valence-corrected chi connectivity index (χ0v) is 22.9. The van der Waals surface area contributed by atoms with Crippen molar-refractivity contribution in [3.8, 4) is 5.69 Å². The Morgan fingerprint density at radius 3 is 2.59 bits per heavy atom. The minimum Gasteiger partial charge on any atom is -0.306 e. The molecule has 5 heterocycles. The normalized spacial score (nSPS) is 17.9. The van der Waals surface area contributed by atoms with Crippen molar-refractivity contribution in [2.75, 3.05) is 37.2 Å². The zero-order chi connectivity index (χ0) is 27.1. The number of nitrogens with one attached hydrogen (secondary N) is 1. The predicted molar refractivity (Wildman–Crippen MR) is 148 cm³/mol. The number of aryl methyl sites for hydroxylation is 1. The first kappa shape index (κ1) is 25.7. The molecule has 4 aromatic rings. The van der Waals surface area contributed by atoms with Crippen molar-refractivity contribution in [2.45, 2.75) is 38.6 Å². The van der Waals surface area contributed by atoms with E-state index in [9.17, 15) is 13.2 Å². The molecule has 39 heavy (non-hydrogen) atoms. The Morgan fingerprint density at radius 2 is 1.87 bits per heavy atom. The number of hydrogen-bond acceptors (Lipinski definition) is 7. The Labute approximate surface area is 227 Å². The van der Waals surface area contributed by atoms with Crippen molar-refractivity contribution in [1.29, 1.82) is 0 Å². The molecule has 1 amide bonds. The molecule has 0 radical (unpaired) electrons. The maximum atomic E-state index is 13.3. The number of rotatable bonds is 7. The molecule has 12 heteroatoms. The molecule has 2 saturated heterocycles. The van der Waals surface area contributed by atoms with E-state index in [0.29, 0.717) is 30.1 Å². The van der Waals surface area contributed by atoms with Gasteiger partial charge in [0.05, 0.1) is 23.3 Å². The summed E-state index contributed by atoms with van der Waals surface area (Å²) in [6.07, 6.45) is 6.76. The van der Waals surface area contributed by atoms with Crippen LogP contribution in [0.4, 0.5) is 5.82 Å². The second kappa shape index (κ2) is 10.2. The molecule has 0 saturated carbocycles. The Hall–Kier alpha value is -3.61. The summed E-state index contributed by atoms with van der Waals surface area (Å²) < 4.78 is 29.1. The van der Waals surface area contributed by atoms with E-state index in [4.69, 9.17) is 5.10 Å². The van der Waals surface area contributed by atoms with Crippen molar-refractivity contribution < 1.29 is 13.2 Å². The maximum Gasteiger partial charge on any atom is 0.262 e. The molecule has 1 N–H and O–H groups in total. The average molecular weight is 549 g/mol. The average Bonchev–Trinajstić information content (AvgIpc) is 3.53. The molecule has 0 spiro atoms. The molecule has 1 aromatic carbocycles. The number of piperidine rings is 1. The molecular formula is C27H32N8O3S. The number of aromatic nitrogens is 5. The van der Waals surface area contributed by atoms with E-state index in [1.165, 1.54) is 6.20 Å². The molecule has 0 aliphatic carbocycles. The second-order valence-corrected chi connectivity index (χ2v) is 12.5. The molecule has 2 aliphatic heterocycles. The smallest absolute Gasteiger partial charge is 0.262 e. The van der Waals surface area contributed by atoms with Gasteiger partial charge in [-0.25, -0.2) is 22.6 Å². The summed E-state index contributed by atoms with van der Waals surface area (Å²) in [7, 11) is -3.11. The molecular weight excluding hydrogens is 516 g/mol. The summed E-state index contributed by atoms with van der Waals surface area (Å²) in [5.74, 6) is 0.696. The van der Waals surface area contributed by atoms with E-state index in [-0.39, 0.29) is 23.6 Å². The van der Waals surface area contributed by atoms with Crippen LogP contribution < -0.4 is 5.32 Å². The van der Waals surface area contributed by atoms with Gasteiger partial charge in [-0.2, -0.15) is 14.5 Å². The predicted octanol–water partition coefficient (Wildman–Crippen LogP) is 2.69. The Bertz CT molecular complexity index is 1600. The Kier molecular flexibility index (Phi) is 6.69. The fourth-order valence-corrected chi connectivity index (χ4v) is 6.52. The van der Waals surface area contributed by atoms with E-state index in [2.05, 4.69) is 20.3 Å². The van der Waals surface area contributed by atoms with Gasteiger partial charge in [-0.3, -0.25) is 9.69 Å². The highest BCUT2D eigenvalue weighted by atomic mass is 32.2. The molecule has 3 aromatic heterocycles. The fourth-order valence-electron chi connectivity index (χ4n) is 5.36. The highest BCUT2D eigenvalue weighted by molar-refractivity contribution is 7.89. The largest absolute Gasteiger partial charge is 0.306 e. The number of carbonyl (C=O) groups excluding carboxylic acids is 1. The standard InChI is InChI=1S/C27H32N8O3S/c1-3-39(37,38)33-17-22(18-33)32-13-9-20(10-14-32)24-15-25(35(31-24)21-7-5-19(2)6-8-21)30-27(36)23-16-29-34-12-4-11-28-26(23)34/h4-8,11-12,15-16,20,22H,3,9-10,13-14,17-18H2,1-2H3,(H,30,36). The lowest BCUT2D eigenvalue weighted by Gasteiger charge is -2.46. The van der Waals surface area contributed by atoms with Crippen molar-refractivity contribution >= 4 is 27.4 Å². The van der Waals surface area contributed by atoms with E-state index in [1.54, 1.807) is 38.9 Å². The van der Waals surface area contributed by atoms with Crippen LogP contribution in [0.5, 0.6) is 0 Å². The van der Waals surface area contributed by atoms with Gasteiger partial charge < -0.3 is 5.32 Å². The van der Waals surface area contributed by atoms with Crippen LogP contribution in [0.2, 0.25) is 0 Å². The van der Waals surface area contributed by atoms with E-state index in [1.807, 2.05) is 37.3 Å². The number of amides is 1. The lowest BCUT2D eigenvalue weighted by molar-refractivity contribution is 0.0661. The number of benzene rings is 1. The molecule has 0 bridgehead atoms. The first-order chi connectivity index (χ1) is 18.8. The van der Waals surface area contributed by atoms with Crippen LogP contribution in [0.15, 0.2) is 55.0 Å². The molecule has 204 valence electrons. The van der Waals surface area contributed by atoms with Crippen LogP contribution in [0.3, 0.4) is 0 Å². The third-order valence-electron chi connectivity index (χ3n) is 7.82. The summed E-state index contributed by atoms with van der Waals surface area (Å²) >= 11 is 0. The number of hydrogen-bond donors (Lipinski definition) is 1. The monoisotopic (exact) mass is 548 g/mol. The van der Waals surface area contributed by atoms with Crippen LogP contribution in [0.1, 0.15) is 47.3 Å². The summed E-state index contributed by atoms with van der Waals surface area (Å²) in [6.45, 7) is 6.67. The van der Waals surface area contributed by atoms with Crippen molar-refractivity contribution in [3.63, 3.8) is 0 Å². The topological polar surface area (TPSA) is 118 Å². The minimum absolute atomic E-state index is 0.151. The number of fused-ring (bicyclic) bond motifs is 1. The van der Waals surface area contributed by atoms with Gasteiger partial charge in [0.15, 0.2) is 5.65 Å². The van der Waals surface area contributed by atoms with E-state index in [0.717, 1.165) is 42.9 Å². The van der Waals surface area contributed by atoms with Gasteiger partial charge in [-0.05, 0) is 58.0 Å². The van der Waals surface area contributed by atoms with Gasteiger partial charge in [-0.15, -0.1) is 0 Å². The first-order valence-electron chi connectivity index (χ1n) is 13.3. The lowest BCUT2D eigenvalue weighted by atomic mass is 9.92. The van der Waals surface area contributed by atoms with Gasteiger partial charge in [0.1, 0.15) is 11.4 Å². The molecule has 0 unspecified atom stereocenters. The Balaban J connectivity index is 1.20. The molecule has 2 aliphatic rings. The van der Waals surface area contributed by atoms with Gasteiger partial charge in [0.2, 0.25) is 10.0 Å².